The maximum Gasteiger partial charge on any atom is 0.288 e. The highest BCUT2D eigenvalue weighted by Gasteiger charge is 2.15. The normalized spacial score (nSPS) is 10.8. The minimum Gasteiger partial charge on any atom is -0.267 e. The van der Waals surface area contributed by atoms with Crippen LogP contribution in [0.3, 0.4) is 0 Å². The zero-order valence-electron chi connectivity index (χ0n) is 10.9. The standard InChI is InChI=1S/C13H10ClN3O3S/c1-8-4-5-21-12(8)7-15-16-13(18)9-2-3-10(14)11(6-9)17(19)20/h2-7H,1H3,(H,16,18)/b15-7-. The number of hydrazone groups is 1. The molecule has 8 heteroatoms. The van der Waals surface area contributed by atoms with Crippen molar-refractivity contribution in [2.75, 3.05) is 0 Å². The van der Waals surface area contributed by atoms with Crippen molar-refractivity contribution in [3.05, 3.63) is 60.8 Å². The number of benzene rings is 1. The molecule has 0 unspecified atom stereocenters. The van der Waals surface area contributed by atoms with E-state index in [4.69, 9.17) is 11.6 Å². The molecule has 1 N–H and O–H groups in total. The second-order valence-corrected chi connectivity index (χ2v) is 5.45. The first-order valence-corrected chi connectivity index (χ1v) is 7.06. The molecule has 21 heavy (non-hydrogen) atoms. The first-order valence-electron chi connectivity index (χ1n) is 5.80. The van der Waals surface area contributed by atoms with Crippen LogP contribution in [0.15, 0.2) is 34.7 Å². The van der Waals surface area contributed by atoms with Crippen LogP contribution < -0.4 is 5.43 Å². The summed E-state index contributed by atoms with van der Waals surface area (Å²) in [5.41, 5.74) is 3.18. The summed E-state index contributed by atoms with van der Waals surface area (Å²) >= 11 is 7.18. The third-order valence-corrected chi connectivity index (χ3v) is 3.93. The molecule has 0 radical (unpaired) electrons. The topological polar surface area (TPSA) is 84.6 Å². The Morgan fingerprint density at radius 1 is 1.48 bits per heavy atom. The van der Waals surface area contributed by atoms with Gasteiger partial charge in [0.15, 0.2) is 0 Å². The highest BCUT2D eigenvalue weighted by atomic mass is 35.5. The third kappa shape index (κ3) is 3.65. The smallest absolute Gasteiger partial charge is 0.267 e. The van der Waals surface area contributed by atoms with E-state index < -0.39 is 10.8 Å². The fourth-order valence-corrected chi connectivity index (χ4v) is 2.50. The average molecular weight is 324 g/mol. The average Bonchev–Trinajstić information content (AvgIpc) is 2.84. The number of amides is 1. The maximum absolute atomic E-state index is 11.9. The van der Waals surface area contributed by atoms with Crippen LogP contribution in [0.4, 0.5) is 5.69 Å². The number of aryl methyl sites for hydroxylation is 1. The second-order valence-electron chi connectivity index (χ2n) is 4.09. The maximum atomic E-state index is 11.9. The van der Waals surface area contributed by atoms with Crippen LogP contribution in [0.1, 0.15) is 20.8 Å². The quantitative estimate of drug-likeness (QED) is 0.531. The number of halogens is 1. The summed E-state index contributed by atoms with van der Waals surface area (Å²) in [6.45, 7) is 1.93. The van der Waals surface area contributed by atoms with Gasteiger partial charge in [-0.25, -0.2) is 5.43 Å². The minimum absolute atomic E-state index is 0.0192. The fraction of sp³-hybridized carbons (Fsp3) is 0.0769. The molecule has 0 fully saturated rings. The Morgan fingerprint density at radius 3 is 2.86 bits per heavy atom. The second kappa shape index (κ2) is 6.47. The Balaban J connectivity index is 2.10. The first-order chi connectivity index (χ1) is 9.99. The van der Waals surface area contributed by atoms with Crippen molar-refractivity contribution in [3.63, 3.8) is 0 Å². The largest absolute Gasteiger partial charge is 0.288 e. The van der Waals surface area contributed by atoms with Gasteiger partial charge in [-0.3, -0.25) is 14.9 Å². The molecule has 0 aliphatic heterocycles. The van der Waals surface area contributed by atoms with Gasteiger partial charge < -0.3 is 0 Å². The number of rotatable bonds is 4. The summed E-state index contributed by atoms with van der Waals surface area (Å²) in [5.74, 6) is -0.541. The van der Waals surface area contributed by atoms with Gasteiger partial charge in [0.05, 0.1) is 11.1 Å². The number of carbonyl (C=O) groups excluding carboxylic acids is 1. The number of nitrogens with one attached hydrogen (secondary N) is 1. The molecule has 0 aliphatic rings. The predicted octanol–water partition coefficient (Wildman–Crippen LogP) is 3.38. The van der Waals surface area contributed by atoms with Crippen LogP contribution in [0.5, 0.6) is 0 Å². The van der Waals surface area contributed by atoms with Crippen molar-refractivity contribution in [2.45, 2.75) is 6.92 Å². The van der Waals surface area contributed by atoms with E-state index in [0.29, 0.717) is 0 Å². The van der Waals surface area contributed by atoms with Crippen molar-refractivity contribution >= 4 is 40.7 Å². The van der Waals surface area contributed by atoms with Crippen molar-refractivity contribution in [3.8, 4) is 0 Å². The minimum atomic E-state index is -0.641. The summed E-state index contributed by atoms with van der Waals surface area (Å²) in [7, 11) is 0. The lowest BCUT2D eigenvalue weighted by Gasteiger charge is -2.01. The molecule has 0 saturated heterocycles. The number of nitro groups is 1. The Labute approximate surface area is 129 Å². The Kier molecular flexibility index (Phi) is 4.66. The van der Waals surface area contributed by atoms with Crippen molar-refractivity contribution in [2.24, 2.45) is 5.10 Å². The van der Waals surface area contributed by atoms with Crippen LogP contribution in [-0.2, 0) is 0 Å². The molecule has 6 nitrogen and oxygen atoms in total. The molecule has 2 rings (SSSR count). The SMILES string of the molecule is Cc1ccsc1/C=N\NC(=O)c1ccc(Cl)c([N+](=O)[O-])c1. The van der Waals surface area contributed by atoms with Crippen LogP contribution in [0.25, 0.3) is 0 Å². The van der Waals surface area contributed by atoms with E-state index in [1.807, 2.05) is 18.4 Å². The Morgan fingerprint density at radius 2 is 2.24 bits per heavy atom. The summed E-state index contributed by atoms with van der Waals surface area (Å²) in [6, 6.07) is 5.76. The van der Waals surface area contributed by atoms with E-state index >= 15 is 0 Å². The molecule has 108 valence electrons. The molecule has 1 aromatic heterocycles. The van der Waals surface area contributed by atoms with Gasteiger partial charge in [-0.15, -0.1) is 11.3 Å². The van der Waals surface area contributed by atoms with Gasteiger partial charge in [0, 0.05) is 16.5 Å². The van der Waals surface area contributed by atoms with Gasteiger partial charge >= 0.3 is 0 Å². The molecule has 1 amide bonds. The lowest BCUT2D eigenvalue weighted by molar-refractivity contribution is -0.384. The summed E-state index contributed by atoms with van der Waals surface area (Å²) in [5, 5.41) is 16.5. The molecule has 0 spiro atoms. The van der Waals surface area contributed by atoms with Crippen LogP contribution in [0, 0.1) is 17.0 Å². The monoisotopic (exact) mass is 323 g/mol. The summed E-state index contributed by atoms with van der Waals surface area (Å²) in [4.78, 5) is 22.9. The highest BCUT2D eigenvalue weighted by molar-refractivity contribution is 7.11. The molecular formula is C13H10ClN3O3S. The van der Waals surface area contributed by atoms with E-state index in [-0.39, 0.29) is 16.3 Å². The van der Waals surface area contributed by atoms with E-state index in [2.05, 4.69) is 10.5 Å². The fourth-order valence-electron chi connectivity index (χ4n) is 1.52. The molecule has 0 atom stereocenters. The van der Waals surface area contributed by atoms with Gasteiger partial charge in [0.25, 0.3) is 11.6 Å². The number of carbonyl (C=O) groups is 1. The molecule has 2 aromatic rings. The summed E-state index contributed by atoms with van der Waals surface area (Å²) < 4.78 is 0. The molecular weight excluding hydrogens is 314 g/mol. The van der Waals surface area contributed by atoms with Crippen LogP contribution >= 0.6 is 22.9 Å². The number of nitrogens with zero attached hydrogens (tertiary/aromatic N) is 2. The van der Waals surface area contributed by atoms with E-state index in [1.165, 1.54) is 29.7 Å². The molecule has 1 aromatic carbocycles. The zero-order valence-corrected chi connectivity index (χ0v) is 12.4. The molecule has 0 saturated carbocycles. The van der Waals surface area contributed by atoms with Gasteiger partial charge in [0.2, 0.25) is 0 Å². The van der Waals surface area contributed by atoms with Crippen LogP contribution in [0.2, 0.25) is 5.02 Å². The van der Waals surface area contributed by atoms with Gasteiger partial charge in [-0.1, -0.05) is 11.6 Å². The van der Waals surface area contributed by atoms with Crippen LogP contribution in [-0.4, -0.2) is 17.0 Å². The number of hydrogen-bond donors (Lipinski definition) is 1. The zero-order chi connectivity index (χ0) is 15.4. The van der Waals surface area contributed by atoms with Gasteiger partial charge in [-0.2, -0.15) is 5.10 Å². The summed E-state index contributed by atoms with van der Waals surface area (Å²) in [6.07, 6.45) is 1.53. The number of nitro benzene ring substituents is 1. The molecule has 1 heterocycles. The lowest BCUT2D eigenvalue weighted by atomic mass is 10.2. The predicted molar refractivity (Wildman–Crippen MR) is 82.2 cm³/mol. The van der Waals surface area contributed by atoms with Crippen molar-refractivity contribution < 1.29 is 9.72 Å². The molecule has 0 bridgehead atoms. The van der Waals surface area contributed by atoms with Gasteiger partial charge in [-0.05, 0) is 36.1 Å². The highest BCUT2D eigenvalue weighted by Crippen LogP contribution is 2.24. The van der Waals surface area contributed by atoms with E-state index in [9.17, 15) is 14.9 Å². The van der Waals surface area contributed by atoms with Gasteiger partial charge in [0.1, 0.15) is 5.02 Å². The van der Waals surface area contributed by atoms with Crippen molar-refractivity contribution in [1.82, 2.24) is 5.43 Å². The Bertz CT molecular complexity index is 727. The molecule has 0 aliphatic carbocycles. The van der Waals surface area contributed by atoms with E-state index in [0.717, 1.165) is 16.5 Å². The third-order valence-electron chi connectivity index (χ3n) is 2.65. The Hall–Kier alpha value is -2.25. The number of hydrogen-bond acceptors (Lipinski definition) is 5. The lowest BCUT2D eigenvalue weighted by Crippen LogP contribution is -2.17. The number of thiophene rings is 1. The van der Waals surface area contributed by atoms with Crippen molar-refractivity contribution in [1.29, 1.82) is 0 Å². The van der Waals surface area contributed by atoms with E-state index in [1.54, 1.807) is 0 Å². The first kappa shape index (κ1) is 15.1.